The lowest BCUT2D eigenvalue weighted by Gasteiger charge is -2.33. The minimum absolute atomic E-state index is 0.333. The van der Waals surface area contributed by atoms with Gasteiger partial charge in [-0.15, -0.1) is 0 Å². The maximum Gasteiger partial charge on any atom is 0.408 e. The van der Waals surface area contributed by atoms with Gasteiger partial charge in [-0.2, -0.15) is 0 Å². The molecule has 11 nitrogen and oxygen atoms in total. The van der Waals surface area contributed by atoms with Crippen molar-refractivity contribution in [3.8, 4) is 34.0 Å². The van der Waals surface area contributed by atoms with Crippen LogP contribution in [0.25, 0.3) is 22.5 Å². The fourth-order valence-corrected chi connectivity index (χ4v) is 6.15. The molecule has 0 aliphatic heterocycles. The Balaban J connectivity index is 0.000000295. The SMILES string of the molecule is Cc1cc(-c2cc(N)ncn2)ccc1OC[C@@](C)(N)CC(C)C.Cc1cc(-c2ccc(OC[C@](C)(CC(C)C)NC(=O)OC(C)(C)C)c(C)c2)ncn1. The maximum atomic E-state index is 12.4. The minimum atomic E-state index is -0.550. The number of benzene rings is 2. The number of nitrogen functional groups attached to an aromatic ring is 1. The van der Waals surface area contributed by atoms with E-state index < -0.39 is 17.2 Å². The molecule has 53 heavy (non-hydrogen) atoms. The van der Waals surface area contributed by atoms with E-state index in [0.717, 1.165) is 63.7 Å². The highest BCUT2D eigenvalue weighted by atomic mass is 16.6. The molecule has 4 aromatic rings. The zero-order valence-corrected chi connectivity index (χ0v) is 33.8. The second-order valence-electron chi connectivity index (χ2n) is 16.4. The summed E-state index contributed by atoms with van der Waals surface area (Å²) in [6.07, 6.45) is 4.30. The number of amides is 1. The van der Waals surface area contributed by atoms with Crippen LogP contribution in [0.1, 0.15) is 92.0 Å². The van der Waals surface area contributed by atoms with Crippen LogP contribution in [0.2, 0.25) is 0 Å². The molecule has 2 atom stereocenters. The molecule has 288 valence electrons. The Labute approximate surface area is 316 Å². The predicted molar refractivity (Wildman–Crippen MR) is 214 cm³/mol. The number of aromatic nitrogens is 4. The smallest absolute Gasteiger partial charge is 0.408 e. The van der Waals surface area contributed by atoms with E-state index >= 15 is 0 Å². The molecule has 0 radical (unpaired) electrons. The van der Waals surface area contributed by atoms with Gasteiger partial charge in [0.1, 0.15) is 48.8 Å². The van der Waals surface area contributed by atoms with E-state index in [1.54, 1.807) is 12.4 Å². The third-order valence-corrected chi connectivity index (χ3v) is 8.07. The van der Waals surface area contributed by atoms with Crippen LogP contribution >= 0.6 is 0 Å². The van der Waals surface area contributed by atoms with Gasteiger partial charge in [0.05, 0.1) is 16.9 Å². The van der Waals surface area contributed by atoms with E-state index in [9.17, 15) is 4.79 Å². The molecular formula is C42H61N7O4. The molecular weight excluding hydrogens is 667 g/mol. The van der Waals surface area contributed by atoms with Crippen molar-refractivity contribution in [3.05, 3.63) is 78.0 Å². The van der Waals surface area contributed by atoms with Crippen molar-refractivity contribution in [2.45, 2.75) is 113 Å². The zero-order valence-electron chi connectivity index (χ0n) is 33.8. The highest BCUT2D eigenvalue weighted by Crippen LogP contribution is 2.28. The number of anilines is 1. The van der Waals surface area contributed by atoms with E-state index in [2.05, 4.69) is 59.0 Å². The first kappa shape index (κ1) is 42.6. The first-order chi connectivity index (χ1) is 24.6. The van der Waals surface area contributed by atoms with Gasteiger partial charge < -0.3 is 31.0 Å². The molecule has 4 rings (SSSR count). The number of nitrogens with one attached hydrogen (secondary N) is 1. The summed E-state index contributed by atoms with van der Waals surface area (Å²) in [6.45, 7) is 25.0. The second kappa shape index (κ2) is 18.3. The Bertz CT molecular complexity index is 1800. The van der Waals surface area contributed by atoms with E-state index in [1.165, 1.54) is 6.33 Å². The van der Waals surface area contributed by atoms with Crippen LogP contribution < -0.4 is 26.3 Å². The highest BCUT2D eigenvalue weighted by molar-refractivity contribution is 5.69. The van der Waals surface area contributed by atoms with Crippen molar-refractivity contribution in [2.24, 2.45) is 17.6 Å². The number of hydrogen-bond donors (Lipinski definition) is 3. The van der Waals surface area contributed by atoms with Gasteiger partial charge in [-0.25, -0.2) is 24.7 Å². The van der Waals surface area contributed by atoms with Crippen molar-refractivity contribution in [3.63, 3.8) is 0 Å². The number of carbonyl (C=O) groups excluding carboxylic acids is 1. The number of carbonyl (C=O) groups is 1. The Kier molecular flexibility index (Phi) is 14.7. The maximum absolute atomic E-state index is 12.4. The Morgan fingerprint density at radius 1 is 0.717 bits per heavy atom. The van der Waals surface area contributed by atoms with E-state index in [4.69, 9.17) is 25.7 Å². The van der Waals surface area contributed by atoms with Gasteiger partial charge in [0.15, 0.2) is 0 Å². The molecule has 0 unspecified atom stereocenters. The molecule has 0 aliphatic rings. The number of aryl methyl sites for hydroxylation is 3. The quantitative estimate of drug-likeness (QED) is 0.122. The topological polar surface area (TPSA) is 160 Å². The third kappa shape index (κ3) is 14.6. The average molecular weight is 728 g/mol. The molecule has 2 aromatic carbocycles. The van der Waals surface area contributed by atoms with Crippen molar-refractivity contribution >= 4 is 11.9 Å². The normalized spacial score (nSPS) is 13.7. The van der Waals surface area contributed by atoms with Crippen LogP contribution in [-0.2, 0) is 4.74 Å². The number of nitrogens with two attached hydrogens (primary N) is 2. The summed E-state index contributed by atoms with van der Waals surface area (Å²) in [5.41, 5.74) is 17.2. The molecule has 0 fully saturated rings. The van der Waals surface area contributed by atoms with Gasteiger partial charge in [0.25, 0.3) is 0 Å². The van der Waals surface area contributed by atoms with Crippen LogP contribution in [0, 0.1) is 32.6 Å². The van der Waals surface area contributed by atoms with Crippen LogP contribution in [-0.4, -0.2) is 55.9 Å². The van der Waals surface area contributed by atoms with Crippen molar-refractivity contribution < 1.29 is 19.0 Å². The monoisotopic (exact) mass is 727 g/mol. The molecule has 0 saturated heterocycles. The van der Waals surface area contributed by atoms with Crippen molar-refractivity contribution in [1.82, 2.24) is 25.3 Å². The molecule has 1 amide bonds. The van der Waals surface area contributed by atoms with Crippen LogP contribution in [0.3, 0.4) is 0 Å². The van der Waals surface area contributed by atoms with Crippen LogP contribution in [0.15, 0.2) is 61.2 Å². The summed E-state index contributed by atoms with van der Waals surface area (Å²) in [6, 6.07) is 15.7. The predicted octanol–water partition coefficient (Wildman–Crippen LogP) is 8.65. The third-order valence-electron chi connectivity index (χ3n) is 8.07. The Morgan fingerprint density at radius 2 is 1.23 bits per heavy atom. The number of nitrogens with zero attached hydrogens (tertiary/aromatic N) is 4. The first-order valence-electron chi connectivity index (χ1n) is 18.3. The second-order valence-corrected chi connectivity index (χ2v) is 16.4. The number of rotatable bonds is 13. The molecule has 0 aliphatic carbocycles. The minimum Gasteiger partial charge on any atom is -0.491 e. The van der Waals surface area contributed by atoms with Crippen molar-refractivity contribution in [2.75, 3.05) is 18.9 Å². The van der Waals surface area contributed by atoms with E-state index in [1.807, 2.05) is 91.8 Å². The summed E-state index contributed by atoms with van der Waals surface area (Å²) in [7, 11) is 0. The van der Waals surface area contributed by atoms with Crippen LogP contribution in [0.5, 0.6) is 11.5 Å². The fourth-order valence-electron chi connectivity index (χ4n) is 6.15. The number of alkyl carbamates (subject to hydrolysis) is 1. The van der Waals surface area contributed by atoms with Crippen LogP contribution in [0.4, 0.5) is 10.6 Å². The summed E-state index contributed by atoms with van der Waals surface area (Å²) >= 11 is 0. The van der Waals surface area contributed by atoms with E-state index in [0.29, 0.717) is 30.9 Å². The molecule has 2 aromatic heterocycles. The lowest BCUT2D eigenvalue weighted by atomic mass is 9.91. The lowest BCUT2D eigenvalue weighted by Crippen LogP contribution is -2.52. The van der Waals surface area contributed by atoms with Crippen molar-refractivity contribution in [1.29, 1.82) is 0 Å². The lowest BCUT2D eigenvalue weighted by molar-refractivity contribution is 0.0407. The molecule has 5 N–H and O–H groups in total. The Morgan fingerprint density at radius 3 is 1.70 bits per heavy atom. The highest BCUT2D eigenvalue weighted by Gasteiger charge is 2.31. The average Bonchev–Trinajstić information content (AvgIpc) is 3.02. The van der Waals surface area contributed by atoms with Gasteiger partial charge in [-0.1, -0.05) is 27.7 Å². The van der Waals surface area contributed by atoms with Gasteiger partial charge in [0.2, 0.25) is 0 Å². The number of hydrogen-bond acceptors (Lipinski definition) is 10. The molecule has 0 bridgehead atoms. The summed E-state index contributed by atoms with van der Waals surface area (Å²) < 4.78 is 17.5. The largest absolute Gasteiger partial charge is 0.491 e. The standard InChI is InChI=1S/C24H35N3O3.C18H26N4O/c1-16(2)13-24(8,27-22(28)30-23(5,6)7)14-29-21-10-9-19(11-17(21)3)20-12-18(4)25-15-26-20;1-12(2)9-18(4,20)10-23-16-6-5-14(7-13(16)3)15-8-17(19)22-11-21-15/h9-12,15-16H,13-14H2,1-8H3,(H,27,28);5-8,11-12H,9-10,20H2,1-4H3,(H2,19,21,22)/t24-;18-/m00/s1. The summed E-state index contributed by atoms with van der Waals surface area (Å²) in [4.78, 5) is 29.0. The van der Waals surface area contributed by atoms with Gasteiger partial charge in [-0.05, 0) is 134 Å². The number of ether oxygens (including phenoxy) is 3. The van der Waals surface area contributed by atoms with Gasteiger partial charge in [0, 0.05) is 28.4 Å². The zero-order chi connectivity index (χ0) is 39.6. The molecule has 11 heteroatoms. The Hall–Kier alpha value is -4.77. The molecule has 2 heterocycles. The molecule has 0 spiro atoms. The van der Waals surface area contributed by atoms with Gasteiger partial charge >= 0.3 is 6.09 Å². The fraction of sp³-hybridized carbons (Fsp3) is 0.500. The van der Waals surface area contributed by atoms with Gasteiger partial charge in [-0.3, -0.25) is 0 Å². The molecule has 0 saturated carbocycles. The summed E-state index contributed by atoms with van der Waals surface area (Å²) in [5, 5.41) is 3.01. The van der Waals surface area contributed by atoms with E-state index in [-0.39, 0.29) is 5.54 Å². The first-order valence-corrected chi connectivity index (χ1v) is 18.3. The summed E-state index contributed by atoms with van der Waals surface area (Å²) in [5.74, 6) is 3.01.